The molecule has 1 aromatic carbocycles. The Labute approximate surface area is 119 Å². The van der Waals surface area contributed by atoms with E-state index in [9.17, 15) is 4.79 Å². The summed E-state index contributed by atoms with van der Waals surface area (Å²) in [5.74, 6) is -0.169. The number of aliphatic hydroxyl groups excluding tert-OH is 1. The van der Waals surface area contributed by atoms with Crippen molar-refractivity contribution >= 4 is 23.1 Å². The molecule has 0 radical (unpaired) electrons. The Hall–Kier alpha value is -1.46. The van der Waals surface area contributed by atoms with E-state index >= 15 is 0 Å². The molecule has 0 aliphatic heterocycles. The Kier molecular flexibility index (Phi) is 5.44. The minimum atomic E-state index is -0.903. The summed E-state index contributed by atoms with van der Waals surface area (Å²) in [5.41, 5.74) is 5.72. The normalized spacial score (nSPS) is 11.1. The lowest BCUT2D eigenvalue weighted by Crippen LogP contribution is -2.47. The maximum Gasteiger partial charge on any atom is 0.235 e. The Morgan fingerprint density at radius 3 is 2.42 bits per heavy atom. The number of hydrogen-bond donors (Lipinski definition) is 2. The van der Waals surface area contributed by atoms with Gasteiger partial charge in [0, 0.05) is 13.1 Å². The molecule has 0 atom stereocenters. The fourth-order valence-corrected chi connectivity index (χ4v) is 1.76. The van der Waals surface area contributed by atoms with Crippen molar-refractivity contribution in [3.63, 3.8) is 0 Å². The third-order valence-electron chi connectivity index (χ3n) is 3.02. The van der Waals surface area contributed by atoms with E-state index in [1.807, 2.05) is 30.3 Å². The van der Waals surface area contributed by atoms with Crippen LogP contribution in [0, 0.1) is 5.41 Å². The van der Waals surface area contributed by atoms with E-state index < -0.39 is 5.41 Å². The van der Waals surface area contributed by atoms with Crippen molar-refractivity contribution in [2.24, 2.45) is 11.1 Å². The minimum Gasteiger partial charge on any atom is -0.395 e. The van der Waals surface area contributed by atoms with Crippen LogP contribution in [0.1, 0.15) is 19.4 Å². The fourth-order valence-electron chi connectivity index (χ4n) is 1.68. The molecule has 0 heterocycles. The zero-order chi connectivity index (χ0) is 14.5. The summed E-state index contributed by atoms with van der Waals surface area (Å²) >= 11 is 4.94. The first-order chi connectivity index (χ1) is 8.89. The average Bonchev–Trinajstić information content (AvgIpc) is 2.38. The molecule has 0 unspecified atom stereocenters. The van der Waals surface area contributed by atoms with Crippen molar-refractivity contribution in [1.29, 1.82) is 0 Å². The first-order valence-electron chi connectivity index (χ1n) is 6.13. The molecule has 3 N–H and O–H groups in total. The molecule has 0 aliphatic rings. The molecule has 19 heavy (non-hydrogen) atoms. The molecule has 0 fully saturated rings. The summed E-state index contributed by atoms with van der Waals surface area (Å²) < 4.78 is 0. The highest BCUT2D eigenvalue weighted by atomic mass is 32.1. The molecule has 0 saturated carbocycles. The van der Waals surface area contributed by atoms with E-state index in [2.05, 4.69) is 0 Å². The maximum absolute atomic E-state index is 12.4. The van der Waals surface area contributed by atoms with Gasteiger partial charge in [0.15, 0.2) is 0 Å². The SMILES string of the molecule is CC(C)(C(=O)N(CCO)Cc1ccccc1)C(N)=S. The smallest absolute Gasteiger partial charge is 0.235 e. The molecular formula is C14H20N2O2S. The summed E-state index contributed by atoms with van der Waals surface area (Å²) in [6.45, 7) is 4.01. The van der Waals surface area contributed by atoms with Crippen molar-refractivity contribution in [2.75, 3.05) is 13.2 Å². The van der Waals surface area contributed by atoms with E-state index in [1.54, 1.807) is 18.7 Å². The molecule has 0 saturated heterocycles. The Morgan fingerprint density at radius 1 is 1.37 bits per heavy atom. The monoisotopic (exact) mass is 280 g/mol. The van der Waals surface area contributed by atoms with Gasteiger partial charge in [0.05, 0.1) is 17.0 Å². The zero-order valence-corrected chi connectivity index (χ0v) is 12.1. The highest BCUT2D eigenvalue weighted by Crippen LogP contribution is 2.20. The molecule has 0 bridgehead atoms. The lowest BCUT2D eigenvalue weighted by atomic mass is 9.91. The zero-order valence-electron chi connectivity index (χ0n) is 11.3. The van der Waals surface area contributed by atoms with Gasteiger partial charge in [0.2, 0.25) is 5.91 Å². The second-order valence-electron chi connectivity index (χ2n) is 4.93. The van der Waals surface area contributed by atoms with Gasteiger partial charge in [-0.1, -0.05) is 42.5 Å². The van der Waals surface area contributed by atoms with Crippen molar-refractivity contribution < 1.29 is 9.90 Å². The van der Waals surface area contributed by atoms with E-state index in [-0.39, 0.29) is 24.0 Å². The fraction of sp³-hybridized carbons (Fsp3) is 0.429. The van der Waals surface area contributed by atoms with Gasteiger partial charge in [-0.3, -0.25) is 4.79 Å². The topological polar surface area (TPSA) is 66.6 Å². The standard InChI is InChI=1S/C14H20N2O2S/c1-14(2,12(15)19)13(18)16(8-9-17)10-11-6-4-3-5-7-11/h3-7,17H,8-10H2,1-2H3,(H2,15,19). The summed E-state index contributed by atoms with van der Waals surface area (Å²) in [5, 5.41) is 9.11. The number of benzene rings is 1. The van der Waals surface area contributed by atoms with Crippen molar-refractivity contribution in [2.45, 2.75) is 20.4 Å². The summed E-state index contributed by atoms with van der Waals surface area (Å²) in [4.78, 5) is 14.2. The van der Waals surface area contributed by atoms with Crippen LogP contribution in [0.15, 0.2) is 30.3 Å². The van der Waals surface area contributed by atoms with Crippen LogP contribution in [0.3, 0.4) is 0 Å². The van der Waals surface area contributed by atoms with Gasteiger partial charge < -0.3 is 15.7 Å². The molecule has 0 aromatic heterocycles. The number of carbonyl (C=O) groups excluding carboxylic acids is 1. The number of nitrogens with two attached hydrogens (primary N) is 1. The van der Waals surface area contributed by atoms with Gasteiger partial charge in [-0.2, -0.15) is 0 Å². The third kappa shape index (κ3) is 4.01. The molecule has 5 heteroatoms. The number of hydrogen-bond acceptors (Lipinski definition) is 3. The van der Waals surface area contributed by atoms with Crippen LogP contribution in [0.25, 0.3) is 0 Å². The van der Waals surface area contributed by atoms with Gasteiger partial charge in [-0.05, 0) is 19.4 Å². The molecule has 0 aliphatic carbocycles. The highest BCUT2D eigenvalue weighted by Gasteiger charge is 2.34. The minimum absolute atomic E-state index is 0.0913. The largest absolute Gasteiger partial charge is 0.395 e. The predicted molar refractivity (Wildman–Crippen MR) is 79.5 cm³/mol. The quantitative estimate of drug-likeness (QED) is 0.771. The first-order valence-corrected chi connectivity index (χ1v) is 6.54. The molecule has 1 rings (SSSR count). The Bertz CT molecular complexity index is 446. The van der Waals surface area contributed by atoms with Crippen LogP contribution < -0.4 is 5.73 Å². The van der Waals surface area contributed by atoms with E-state index in [1.165, 1.54) is 0 Å². The summed E-state index contributed by atoms with van der Waals surface area (Å²) in [6.07, 6.45) is 0. The second kappa shape index (κ2) is 6.63. The van der Waals surface area contributed by atoms with E-state index in [4.69, 9.17) is 23.1 Å². The maximum atomic E-state index is 12.4. The van der Waals surface area contributed by atoms with Gasteiger partial charge in [0.25, 0.3) is 0 Å². The second-order valence-corrected chi connectivity index (χ2v) is 5.36. The van der Waals surface area contributed by atoms with Crippen molar-refractivity contribution in [3.8, 4) is 0 Å². The van der Waals surface area contributed by atoms with Gasteiger partial charge in [-0.15, -0.1) is 0 Å². The number of amides is 1. The molecule has 4 nitrogen and oxygen atoms in total. The molecule has 104 valence electrons. The molecule has 0 spiro atoms. The van der Waals surface area contributed by atoms with Crippen LogP contribution in [-0.4, -0.2) is 34.1 Å². The number of aliphatic hydroxyl groups is 1. The first kappa shape index (κ1) is 15.6. The van der Waals surface area contributed by atoms with Crippen LogP contribution in [-0.2, 0) is 11.3 Å². The number of rotatable bonds is 6. The van der Waals surface area contributed by atoms with Gasteiger partial charge in [-0.25, -0.2) is 0 Å². The van der Waals surface area contributed by atoms with E-state index in [0.717, 1.165) is 5.56 Å². The van der Waals surface area contributed by atoms with E-state index in [0.29, 0.717) is 6.54 Å². The van der Waals surface area contributed by atoms with Crippen LogP contribution in [0.5, 0.6) is 0 Å². The van der Waals surface area contributed by atoms with Crippen LogP contribution in [0.4, 0.5) is 0 Å². The summed E-state index contributed by atoms with van der Waals surface area (Å²) in [6, 6.07) is 9.61. The number of thiocarbonyl (C=S) groups is 1. The number of nitrogens with zero attached hydrogens (tertiary/aromatic N) is 1. The lowest BCUT2D eigenvalue weighted by Gasteiger charge is -2.31. The van der Waals surface area contributed by atoms with Crippen LogP contribution >= 0.6 is 12.2 Å². The Balaban J connectivity index is 2.89. The Morgan fingerprint density at radius 2 is 1.95 bits per heavy atom. The molecular weight excluding hydrogens is 260 g/mol. The number of carbonyl (C=O) groups is 1. The third-order valence-corrected chi connectivity index (χ3v) is 3.53. The summed E-state index contributed by atoms with van der Waals surface area (Å²) in [7, 11) is 0. The van der Waals surface area contributed by atoms with Crippen molar-refractivity contribution in [1.82, 2.24) is 4.90 Å². The predicted octanol–water partition coefficient (Wildman–Crippen LogP) is 1.32. The highest BCUT2D eigenvalue weighted by molar-refractivity contribution is 7.80. The average molecular weight is 280 g/mol. The van der Waals surface area contributed by atoms with Crippen molar-refractivity contribution in [3.05, 3.63) is 35.9 Å². The molecule has 1 amide bonds. The lowest BCUT2D eigenvalue weighted by molar-refractivity contribution is -0.138. The molecule has 1 aromatic rings. The van der Waals surface area contributed by atoms with Gasteiger partial charge in [0.1, 0.15) is 0 Å². The van der Waals surface area contributed by atoms with Gasteiger partial charge >= 0.3 is 0 Å². The van der Waals surface area contributed by atoms with Crippen LogP contribution in [0.2, 0.25) is 0 Å².